The molecule has 0 amide bonds. The van der Waals surface area contributed by atoms with Gasteiger partial charge in [-0.2, -0.15) is 13.5 Å². The Morgan fingerprint density at radius 2 is 1.77 bits per heavy atom. The number of methoxy groups -OCH3 is 1. The van der Waals surface area contributed by atoms with Crippen LogP contribution < -0.4 is 14.3 Å². The van der Waals surface area contributed by atoms with Crippen molar-refractivity contribution in [3.63, 3.8) is 0 Å². The van der Waals surface area contributed by atoms with E-state index in [0.29, 0.717) is 28.7 Å². The summed E-state index contributed by atoms with van der Waals surface area (Å²) < 4.78 is 36.9. The Labute approximate surface area is 200 Å². The number of hydrazone groups is 1. The van der Waals surface area contributed by atoms with Gasteiger partial charge in [0.05, 0.1) is 21.8 Å². The number of nitrogens with zero attached hydrogens (tertiary/aromatic N) is 1. The van der Waals surface area contributed by atoms with Gasteiger partial charge in [0.25, 0.3) is 10.0 Å². The molecule has 6 nitrogen and oxygen atoms in total. The smallest absolute Gasteiger partial charge is 0.276 e. The van der Waals surface area contributed by atoms with Crippen LogP contribution in [0, 0.1) is 10.5 Å². The minimum absolute atomic E-state index is 0.147. The van der Waals surface area contributed by atoms with Gasteiger partial charge in [-0.15, -0.1) is 0 Å². The van der Waals surface area contributed by atoms with Gasteiger partial charge in [0.15, 0.2) is 11.5 Å². The van der Waals surface area contributed by atoms with Gasteiger partial charge in [0.2, 0.25) is 0 Å². The van der Waals surface area contributed by atoms with E-state index in [1.54, 1.807) is 37.4 Å². The normalized spacial score (nSPS) is 11.5. The largest absolute Gasteiger partial charge is 0.493 e. The Balaban J connectivity index is 1.72. The topological polar surface area (TPSA) is 77.0 Å². The third-order valence-electron chi connectivity index (χ3n) is 4.27. The lowest BCUT2D eigenvalue weighted by atomic mass is 10.2. The Morgan fingerprint density at radius 1 is 1.10 bits per heavy atom. The molecule has 0 atom stereocenters. The van der Waals surface area contributed by atoms with Crippen LogP contribution in [0.2, 0.25) is 5.02 Å². The van der Waals surface area contributed by atoms with Gasteiger partial charge in [-0.05, 0) is 77.0 Å². The second-order valence-corrected chi connectivity index (χ2v) is 9.87. The number of sulfonamides is 1. The molecule has 3 rings (SSSR count). The summed E-state index contributed by atoms with van der Waals surface area (Å²) in [6.07, 6.45) is 1.42. The summed E-state index contributed by atoms with van der Waals surface area (Å²) in [4.78, 5) is 2.37. The summed E-state index contributed by atoms with van der Waals surface area (Å²) in [5.74, 6) is 1.11. The summed E-state index contributed by atoms with van der Waals surface area (Å²) in [5.41, 5.74) is 2.60. The highest BCUT2D eigenvalue weighted by atomic mass is 127. The van der Waals surface area contributed by atoms with Crippen molar-refractivity contribution in [3.8, 4) is 11.5 Å². The number of rotatable bonds is 8. The zero-order valence-corrected chi connectivity index (χ0v) is 20.5. The van der Waals surface area contributed by atoms with Crippen LogP contribution in [0.1, 0.15) is 16.7 Å². The molecule has 0 saturated heterocycles. The lowest BCUT2D eigenvalue weighted by molar-refractivity contribution is 0.282. The standard InChI is InChI=1S/C22H20ClIN2O4S/c1-15-3-9-19(10-4-15)31(27,28)26-25-13-17-11-20(24)22(21(12-17)29-2)30-14-16-5-7-18(23)8-6-16/h3-13,26H,14H2,1-2H3/b25-13-. The molecular weight excluding hydrogens is 551 g/mol. The van der Waals surface area contributed by atoms with Crippen LogP contribution >= 0.6 is 34.2 Å². The molecule has 0 aromatic heterocycles. The summed E-state index contributed by atoms with van der Waals surface area (Å²) in [7, 11) is -2.20. The number of hydrogen-bond donors (Lipinski definition) is 1. The van der Waals surface area contributed by atoms with Gasteiger partial charge >= 0.3 is 0 Å². The Morgan fingerprint density at radius 3 is 2.42 bits per heavy atom. The fourth-order valence-electron chi connectivity index (χ4n) is 2.63. The Hall–Kier alpha value is -2.30. The second kappa shape index (κ2) is 10.3. The molecule has 0 bridgehead atoms. The number of aryl methyl sites for hydroxylation is 1. The molecule has 1 N–H and O–H groups in total. The molecule has 0 aliphatic rings. The minimum atomic E-state index is -3.74. The first-order chi connectivity index (χ1) is 14.8. The van der Waals surface area contributed by atoms with E-state index in [1.165, 1.54) is 18.3 Å². The first kappa shape index (κ1) is 23.4. The molecule has 0 aliphatic heterocycles. The zero-order valence-electron chi connectivity index (χ0n) is 16.8. The quantitative estimate of drug-likeness (QED) is 0.231. The first-order valence-electron chi connectivity index (χ1n) is 9.15. The number of hydrogen-bond acceptors (Lipinski definition) is 5. The zero-order chi connectivity index (χ0) is 22.4. The van der Waals surface area contributed by atoms with Gasteiger partial charge in [-0.25, -0.2) is 4.83 Å². The lowest BCUT2D eigenvalue weighted by Crippen LogP contribution is -2.18. The average molecular weight is 571 g/mol. The maximum absolute atomic E-state index is 12.3. The van der Waals surface area contributed by atoms with Gasteiger partial charge < -0.3 is 9.47 Å². The summed E-state index contributed by atoms with van der Waals surface area (Å²) in [6, 6.07) is 17.5. The van der Waals surface area contributed by atoms with Crippen molar-refractivity contribution < 1.29 is 17.9 Å². The molecule has 0 aliphatic carbocycles. The molecule has 0 saturated carbocycles. The maximum Gasteiger partial charge on any atom is 0.276 e. The fourth-order valence-corrected chi connectivity index (χ4v) is 4.33. The van der Waals surface area contributed by atoms with Crippen molar-refractivity contribution in [2.45, 2.75) is 18.4 Å². The van der Waals surface area contributed by atoms with Crippen LogP contribution in [0.5, 0.6) is 11.5 Å². The third-order valence-corrected chi connectivity index (χ3v) is 6.56. The maximum atomic E-state index is 12.3. The monoisotopic (exact) mass is 570 g/mol. The number of halogens is 2. The highest BCUT2D eigenvalue weighted by Gasteiger charge is 2.13. The van der Waals surface area contributed by atoms with E-state index >= 15 is 0 Å². The SMILES string of the molecule is COc1cc(/C=N\NS(=O)(=O)c2ccc(C)cc2)cc(I)c1OCc1ccc(Cl)cc1. The molecule has 3 aromatic carbocycles. The van der Waals surface area contributed by atoms with E-state index in [4.69, 9.17) is 21.1 Å². The van der Waals surface area contributed by atoms with Crippen molar-refractivity contribution in [1.29, 1.82) is 0 Å². The van der Waals surface area contributed by atoms with Crippen LogP contribution in [-0.2, 0) is 16.6 Å². The van der Waals surface area contributed by atoms with E-state index in [-0.39, 0.29) is 4.90 Å². The van der Waals surface area contributed by atoms with Gasteiger partial charge in [-0.3, -0.25) is 0 Å². The molecule has 0 spiro atoms. The van der Waals surface area contributed by atoms with Crippen molar-refractivity contribution in [3.05, 3.63) is 85.9 Å². The molecule has 31 heavy (non-hydrogen) atoms. The highest BCUT2D eigenvalue weighted by Crippen LogP contribution is 2.34. The molecule has 162 valence electrons. The van der Waals surface area contributed by atoms with E-state index in [2.05, 4.69) is 32.5 Å². The van der Waals surface area contributed by atoms with E-state index in [0.717, 1.165) is 14.7 Å². The minimum Gasteiger partial charge on any atom is -0.493 e. The fraction of sp³-hybridized carbons (Fsp3) is 0.136. The van der Waals surface area contributed by atoms with E-state index in [1.807, 2.05) is 25.1 Å². The first-order valence-corrected chi connectivity index (χ1v) is 12.1. The van der Waals surface area contributed by atoms with Crippen LogP contribution in [0.25, 0.3) is 0 Å². The Kier molecular flexibility index (Phi) is 7.79. The van der Waals surface area contributed by atoms with Gasteiger partial charge in [0.1, 0.15) is 6.61 Å². The predicted molar refractivity (Wildman–Crippen MR) is 131 cm³/mol. The van der Waals surface area contributed by atoms with Crippen molar-refractivity contribution in [2.75, 3.05) is 7.11 Å². The predicted octanol–water partition coefficient (Wildman–Crippen LogP) is 5.15. The summed E-state index contributed by atoms with van der Waals surface area (Å²) in [6.45, 7) is 2.24. The van der Waals surface area contributed by atoms with Crippen LogP contribution in [0.4, 0.5) is 0 Å². The number of ether oxygens (including phenoxy) is 2. The van der Waals surface area contributed by atoms with E-state index in [9.17, 15) is 8.42 Å². The summed E-state index contributed by atoms with van der Waals surface area (Å²) >= 11 is 8.05. The Bertz CT molecular complexity index is 1180. The molecule has 0 unspecified atom stereocenters. The number of benzene rings is 3. The molecule has 3 aromatic rings. The van der Waals surface area contributed by atoms with Crippen molar-refractivity contribution in [2.24, 2.45) is 5.10 Å². The molecule has 0 radical (unpaired) electrons. The van der Waals surface area contributed by atoms with Crippen molar-refractivity contribution >= 4 is 50.4 Å². The molecule has 0 heterocycles. The average Bonchev–Trinajstić information content (AvgIpc) is 2.74. The van der Waals surface area contributed by atoms with Crippen LogP contribution in [0.15, 0.2) is 70.7 Å². The van der Waals surface area contributed by atoms with Crippen LogP contribution in [-0.4, -0.2) is 21.7 Å². The van der Waals surface area contributed by atoms with Gasteiger partial charge in [0, 0.05) is 5.02 Å². The number of nitrogens with one attached hydrogen (secondary N) is 1. The van der Waals surface area contributed by atoms with Gasteiger partial charge in [-0.1, -0.05) is 41.4 Å². The molecular formula is C22H20ClIN2O4S. The third kappa shape index (κ3) is 6.34. The highest BCUT2D eigenvalue weighted by molar-refractivity contribution is 14.1. The van der Waals surface area contributed by atoms with E-state index < -0.39 is 10.0 Å². The van der Waals surface area contributed by atoms with Crippen molar-refractivity contribution in [1.82, 2.24) is 4.83 Å². The van der Waals surface area contributed by atoms with Crippen LogP contribution in [0.3, 0.4) is 0 Å². The second-order valence-electron chi connectivity index (χ2n) is 6.62. The molecule has 9 heteroatoms. The summed E-state index contributed by atoms with van der Waals surface area (Å²) in [5, 5.41) is 4.55. The lowest BCUT2D eigenvalue weighted by Gasteiger charge is -2.13. The molecule has 0 fully saturated rings.